The number of aromatic nitrogens is 4. The van der Waals surface area contributed by atoms with Gasteiger partial charge < -0.3 is 4.42 Å². The zero-order valence-corrected chi connectivity index (χ0v) is 15.2. The molecule has 0 radical (unpaired) electrons. The largest absolute Gasteiger partial charge is 0.461 e. The van der Waals surface area contributed by atoms with Gasteiger partial charge in [0, 0.05) is 22.0 Å². The Hall–Kier alpha value is -1.89. The zero-order valence-electron chi connectivity index (χ0n) is 12.9. The average Bonchev–Trinajstić information content (AvgIpc) is 3.19. The monoisotopic (exact) mass is 378 g/mol. The Bertz CT molecular complexity index is 1030. The molecule has 4 rings (SSSR count). The van der Waals surface area contributed by atoms with Crippen molar-refractivity contribution in [2.75, 3.05) is 0 Å². The lowest BCUT2D eigenvalue weighted by atomic mass is 10.1. The second-order valence-corrected chi connectivity index (χ2v) is 7.14. The Balaban J connectivity index is 1.81. The van der Waals surface area contributed by atoms with Crippen molar-refractivity contribution in [1.29, 1.82) is 0 Å². The fourth-order valence-electron chi connectivity index (χ4n) is 2.52. The molecule has 24 heavy (non-hydrogen) atoms. The van der Waals surface area contributed by atoms with Gasteiger partial charge in [-0.15, -0.1) is 10.2 Å². The highest BCUT2D eigenvalue weighted by molar-refractivity contribution is 7.19. The van der Waals surface area contributed by atoms with Gasteiger partial charge in [0.15, 0.2) is 10.8 Å². The first kappa shape index (κ1) is 15.6. The molecule has 8 heteroatoms. The molecule has 122 valence electrons. The SMILES string of the molecule is CCc1nnc2sc(-c3cc(-c4cc(Cl)cc(Cl)c4)oc3C)nn12. The standard InChI is InChI=1S/C16H12Cl2N4OS/c1-3-14-19-20-16-22(14)21-15(24-16)12-7-13(23-8(12)2)9-4-10(17)6-11(18)5-9/h4-7H,3H2,1-2H3. The highest BCUT2D eigenvalue weighted by Gasteiger charge is 2.18. The van der Waals surface area contributed by atoms with E-state index in [2.05, 4.69) is 15.3 Å². The van der Waals surface area contributed by atoms with Crippen molar-refractivity contribution in [2.45, 2.75) is 20.3 Å². The van der Waals surface area contributed by atoms with E-state index in [-0.39, 0.29) is 0 Å². The van der Waals surface area contributed by atoms with Gasteiger partial charge in [0.1, 0.15) is 11.5 Å². The zero-order chi connectivity index (χ0) is 16.8. The number of rotatable bonds is 3. The summed E-state index contributed by atoms with van der Waals surface area (Å²) in [4.78, 5) is 0.773. The minimum Gasteiger partial charge on any atom is -0.461 e. The average molecular weight is 379 g/mol. The van der Waals surface area contributed by atoms with Crippen molar-refractivity contribution in [3.63, 3.8) is 0 Å². The number of halogens is 2. The van der Waals surface area contributed by atoms with Crippen molar-refractivity contribution in [3.05, 3.63) is 45.9 Å². The molecule has 0 N–H and O–H groups in total. The first-order valence-corrected chi connectivity index (χ1v) is 8.90. The van der Waals surface area contributed by atoms with Gasteiger partial charge in [0.25, 0.3) is 0 Å². The molecule has 0 spiro atoms. The number of nitrogens with zero attached hydrogens (tertiary/aromatic N) is 4. The molecule has 0 amide bonds. The van der Waals surface area contributed by atoms with Crippen molar-refractivity contribution in [2.24, 2.45) is 0 Å². The molecule has 3 heterocycles. The fraction of sp³-hybridized carbons (Fsp3) is 0.188. The summed E-state index contributed by atoms with van der Waals surface area (Å²) >= 11 is 13.6. The van der Waals surface area contributed by atoms with Crippen LogP contribution in [0.4, 0.5) is 0 Å². The van der Waals surface area contributed by atoms with Gasteiger partial charge >= 0.3 is 0 Å². The molecular formula is C16H12Cl2N4OS. The lowest BCUT2D eigenvalue weighted by molar-refractivity contribution is 0.549. The summed E-state index contributed by atoms with van der Waals surface area (Å²) in [7, 11) is 0. The second kappa shape index (κ2) is 5.88. The van der Waals surface area contributed by atoms with E-state index < -0.39 is 0 Å². The molecular weight excluding hydrogens is 367 g/mol. The number of furan rings is 1. The Morgan fingerprint density at radius 2 is 1.88 bits per heavy atom. The lowest BCUT2D eigenvalue weighted by Gasteiger charge is -1.99. The minimum absolute atomic E-state index is 0.569. The molecule has 0 aliphatic carbocycles. The maximum absolute atomic E-state index is 6.08. The van der Waals surface area contributed by atoms with Crippen LogP contribution >= 0.6 is 34.5 Å². The first-order chi connectivity index (χ1) is 11.5. The van der Waals surface area contributed by atoms with E-state index in [1.807, 2.05) is 32.0 Å². The molecule has 0 unspecified atom stereocenters. The van der Waals surface area contributed by atoms with Gasteiger partial charge in [-0.3, -0.25) is 0 Å². The summed E-state index contributed by atoms with van der Waals surface area (Å²) in [6, 6.07) is 7.29. The smallest absolute Gasteiger partial charge is 0.234 e. The third-order valence-corrected chi connectivity index (χ3v) is 5.04. The van der Waals surface area contributed by atoms with Gasteiger partial charge in [-0.05, 0) is 31.2 Å². The van der Waals surface area contributed by atoms with Crippen molar-refractivity contribution in [1.82, 2.24) is 19.8 Å². The molecule has 0 atom stereocenters. The first-order valence-electron chi connectivity index (χ1n) is 7.33. The Morgan fingerprint density at radius 3 is 2.58 bits per heavy atom. The van der Waals surface area contributed by atoms with E-state index in [1.165, 1.54) is 11.3 Å². The van der Waals surface area contributed by atoms with Crippen LogP contribution < -0.4 is 0 Å². The predicted octanol–water partition coefficient (Wildman–Crippen LogP) is 5.29. The van der Waals surface area contributed by atoms with Gasteiger partial charge in [0.2, 0.25) is 4.96 Å². The minimum atomic E-state index is 0.569. The fourth-order valence-corrected chi connectivity index (χ4v) is 3.97. The van der Waals surface area contributed by atoms with Gasteiger partial charge in [0.05, 0.1) is 5.56 Å². The van der Waals surface area contributed by atoms with Crippen LogP contribution in [0.25, 0.3) is 26.9 Å². The van der Waals surface area contributed by atoms with E-state index in [0.29, 0.717) is 15.8 Å². The van der Waals surface area contributed by atoms with Crippen LogP contribution in [0.5, 0.6) is 0 Å². The van der Waals surface area contributed by atoms with Gasteiger partial charge in [-0.25, -0.2) is 0 Å². The van der Waals surface area contributed by atoms with Crippen LogP contribution in [0.2, 0.25) is 10.0 Å². The molecule has 3 aromatic heterocycles. The van der Waals surface area contributed by atoms with Gasteiger partial charge in [-0.1, -0.05) is 41.5 Å². The molecule has 4 aromatic rings. The van der Waals surface area contributed by atoms with Crippen LogP contribution in [0.1, 0.15) is 18.5 Å². The summed E-state index contributed by atoms with van der Waals surface area (Å²) < 4.78 is 7.68. The van der Waals surface area contributed by atoms with Crippen LogP contribution in [-0.4, -0.2) is 19.8 Å². The number of benzene rings is 1. The summed E-state index contributed by atoms with van der Waals surface area (Å²) in [6.07, 6.45) is 0.779. The Kier molecular flexibility index (Phi) is 3.83. The van der Waals surface area contributed by atoms with E-state index in [4.69, 9.17) is 27.6 Å². The topological polar surface area (TPSA) is 56.2 Å². The molecule has 0 aliphatic rings. The maximum atomic E-state index is 6.08. The van der Waals surface area contributed by atoms with Crippen molar-refractivity contribution in [3.8, 4) is 21.9 Å². The van der Waals surface area contributed by atoms with Crippen LogP contribution in [0.15, 0.2) is 28.7 Å². The third kappa shape index (κ3) is 2.60. The second-order valence-electron chi connectivity index (χ2n) is 5.31. The van der Waals surface area contributed by atoms with E-state index >= 15 is 0 Å². The molecule has 5 nitrogen and oxygen atoms in total. The number of hydrogen-bond donors (Lipinski definition) is 0. The van der Waals surface area contributed by atoms with E-state index in [0.717, 1.165) is 39.1 Å². The van der Waals surface area contributed by atoms with Gasteiger partial charge in [-0.2, -0.15) is 9.61 Å². The van der Waals surface area contributed by atoms with Crippen LogP contribution in [-0.2, 0) is 6.42 Å². The van der Waals surface area contributed by atoms with Crippen molar-refractivity contribution < 1.29 is 4.42 Å². The summed E-state index contributed by atoms with van der Waals surface area (Å²) in [5.74, 6) is 2.33. The molecule has 0 aliphatic heterocycles. The molecule has 0 fully saturated rings. The normalized spacial score (nSPS) is 11.5. The van der Waals surface area contributed by atoms with Crippen molar-refractivity contribution >= 4 is 39.5 Å². The lowest BCUT2D eigenvalue weighted by Crippen LogP contribution is -1.93. The molecule has 0 saturated heterocycles. The summed E-state index contributed by atoms with van der Waals surface area (Å²) in [6.45, 7) is 3.94. The Labute approximate surface area is 151 Å². The molecule has 0 bridgehead atoms. The quantitative estimate of drug-likeness (QED) is 0.485. The number of aryl methyl sites for hydroxylation is 2. The number of hydrogen-bond acceptors (Lipinski definition) is 5. The predicted molar refractivity (Wildman–Crippen MR) is 95.9 cm³/mol. The maximum Gasteiger partial charge on any atom is 0.234 e. The van der Waals surface area contributed by atoms with E-state index in [9.17, 15) is 0 Å². The molecule has 1 aromatic carbocycles. The third-order valence-electron chi connectivity index (χ3n) is 3.67. The Morgan fingerprint density at radius 1 is 1.12 bits per heavy atom. The van der Waals surface area contributed by atoms with E-state index in [1.54, 1.807) is 10.6 Å². The van der Waals surface area contributed by atoms with Crippen LogP contribution in [0.3, 0.4) is 0 Å². The molecule has 0 saturated carbocycles. The highest BCUT2D eigenvalue weighted by atomic mass is 35.5. The van der Waals surface area contributed by atoms with Crippen LogP contribution in [0, 0.1) is 6.92 Å². The summed E-state index contributed by atoms with van der Waals surface area (Å²) in [5.41, 5.74) is 1.76. The summed E-state index contributed by atoms with van der Waals surface area (Å²) in [5, 5.41) is 14.9. The highest BCUT2D eigenvalue weighted by Crippen LogP contribution is 2.36. The number of fused-ring (bicyclic) bond motifs is 1.